The molecule has 1 aromatic carbocycles. The first kappa shape index (κ1) is 15.8. The summed E-state index contributed by atoms with van der Waals surface area (Å²) in [4.78, 5) is 23.6. The molecule has 0 unspecified atom stereocenters. The number of fused-ring (bicyclic) bond motifs is 1. The van der Waals surface area contributed by atoms with Crippen molar-refractivity contribution in [2.45, 2.75) is 45.7 Å². The van der Waals surface area contributed by atoms with Crippen molar-refractivity contribution in [3.8, 4) is 0 Å². The van der Waals surface area contributed by atoms with E-state index in [4.69, 9.17) is 4.52 Å². The Kier molecular flexibility index (Phi) is 3.78. The van der Waals surface area contributed by atoms with E-state index < -0.39 is 0 Å². The molecule has 4 rings (SSSR count). The number of carbonyl (C=O) groups excluding carboxylic acids is 1. The van der Waals surface area contributed by atoms with Gasteiger partial charge in [-0.3, -0.25) is 4.79 Å². The highest BCUT2D eigenvalue weighted by atomic mass is 16.5. The Morgan fingerprint density at radius 3 is 2.92 bits per heavy atom. The number of hydrogen-bond donors (Lipinski definition) is 0. The van der Waals surface area contributed by atoms with Gasteiger partial charge in [0.05, 0.1) is 23.4 Å². The van der Waals surface area contributed by atoms with Crippen molar-refractivity contribution in [2.24, 2.45) is 0 Å². The third-order valence-electron chi connectivity index (χ3n) is 4.73. The fraction of sp³-hybridized carbons (Fsp3) is 0.444. The number of carbonyl (C=O) groups is 1. The molecule has 0 bridgehead atoms. The second kappa shape index (κ2) is 5.98. The van der Waals surface area contributed by atoms with E-state index in [0.717, 1.165) is 23.9 Å². The number of aromatic nitrogens is 4. The van der Waals surface area contributed by atoms with Gasteiger partial charge >= 0.3 is 0 Å². The van der Waals surface area contributed by atoms with Gasteiger partial charge in [-0.1, -0.05) is 5.16 Å². The van der Waals surface area contributed by atoms with E-state index >= 15 is 0 Å². The number of aryl methyl sites for hydroxylation is 1. The standard InChI is InChI=1S/C18H21N5O2/c1-11(2)23-10-19-14-9-13(6-7-15(14)23)18(24)22-8-4-5-16(22)17-20-12(3)25-21-17/h6-7,9-11,16H,4-5,8H2,1-3H3/t16-/m0/s1. The first-order chi connectivity index (χ1) is 12.0. The molecule has 130 valence electrons. The Balaban J connectivity index is 1.64. The van der Waals surface area contributed by atoms with E-state index in [1.54, 1.807) is 6.92 Å². The van der Waals surface area contributed by atoms with Gasteiger partial charge in [-0.25, -0.2) is 4.98 Å². The Labute approximate surface area is 145 Å². The van der Waals surface area contributed by atoms with Gasteiger partial charge in [0.1, 0.15) is 0 Å². The molecule has 25 heavy (non-hydrogen) atoms. The smallest absolute Gasteiger partial charge is 0.254 e. The molecule has 3 aromatic rings. The Morgan fingerprint density at radius 2 is 2.20 bits per heavy atom. The Bertz CT molecular complexity index is 927. The minimum Gasteiger partial charge on any atom is -0.340 e. The van der Waals surface area contributed by atoms with Gasteiger partial charge in [-0.15, -0.1) is 0 Å². The zero-order chi connectivity index (χ0) is 17.6. The lowest BCUT2D eigenvalue weighted by molar-refractivity contribution is 0.0728. The van der Waals surface area contributed by atoms with Crippen LogP contribution in [0.3, 0.4) is 0 Å². The van der Waals surface area contributed by atoms with E-state index in [1.807, 2.05) is 29.4 Å². The topological polar surface area (TPSA) is 77.1 Å². The number of benzene rings is 1. The van der Waals surface area contributed by atoms with Crippen molar-refractivity contribution >= 4 is 16.9 Å². The van der Waals surface area contributed by atoms with Crippen LogP contribution in [0.25, 0.3) is 11.0 Å². The number of rotatable bonds is 3. The van der Waals surface area contributed by atoms with Crippen LogP contribution < -0.4 is 0 Å². The van der Waals surface area contributed by atoms with Crippen LogP contribution in [0, 0.1) is 6.92 Å². The molecule has 0 radical (unpaired) electrons. The second-order valence-corrected chi connectivity index (χ2v) is 6.78. The van der Waals surface area contributed by atoms with Crippen molar-refractivity contribution in [1.82, 2.24) is 24.6 Å². The molecule has 1 aliphatic rings. The number of hydrogen-bond acceptors (Lipinski definition) is 5. The summed E-state index contributed by atoms with van der Waals surface area (Å²) in [6.45, 7) is 6.69. The summed E-state index contributed by atoms with van der Waals surface area (Å²) in [6, 6.07) is 5.93. The fourth-order valence-electron chi connectivity index (χ4n) is 3.47. The van der Waals surface area contributed by atoms with Crippen molar-refractivity contribution in [1.29, 1.82) is 0 Å². The average molecular weight is 339 g/mol. The summed E-state index contributed by atoms with van der Waals surface area (Å²) in [5.74, 6) is 1.11. The van der Waals surface area contributed by atoms with Gasteiger partial charge in [0.2, 0.25) is 5.89 Å². The number of nitrogens with zero attached hydrogens (tertiary/aromatic N) is 5. The molecule has 1 aliphatic heterocycles. The minimum absolute atomic E-state index is 0.00838. The zero-order valence-electron chi connectivity index (χ0n) is 14.6. The SMILES string of the molecule is Cc1nc([C@@H]2CCCN2C(=O)c2ccc3c(c2)ncn3C(C)C)no1. The molecule has 0 N–H and O–H groups in total. The van der Waals surface area contributed by atoms with E-state index in [9.17, 15) is 4.79 Å². The van der Waals surface area contributed by atoms with Crippen molar-refractivity contribution in [3.05, 3.63) is 41.8 Å². The second-order valence-electron chi connectivity index (χ2n) is 6.78. The van der Waals surface area contributed by atoms with E-state index in [1.165, 1.54) is 0 Å². The number of amides is 1. The van der Waals surface area contributed by atoms with Crippen LogP contribution in [0.4, 0.5) is 0 Å². The molecule has 3 heterocycles. The lowest BCUT2D eigenvalue weighted by atomic mass is 10.1. The summed E-state index contributed by atoms with van der Waals surface area (Å²) in [5.41, 5.74) is 2.53. The molecular weight excluding hydrogens is 318 g/mol. The highest BCUT2D eigenvalue weighted by Crippen LogP contribution is 2.32. The van der Waals surface area contributed by atoms with Gasteiger partial charge in [0.15, 0.2) is 5.82 Å². The molecule has 1 saturated heterocycles. The van der Waals surface area contributed by atoms with E-state index in [0.29, 0.717) is 29.9 Å². The van der Waals surface area contributed by atoms with Crippen LogP contribution in [0.15, 0.2) is 29.0 Å². The third kappa shape index (κ3) is 2.69. The number of likely N-dealkylation sites (tertiary alicyclic amines) is 1. The first-order valence-electron chi connectivity index (χ1n) is 8.62. The van der Waals surface area contributed by atoms with Crippen molar-refractivity contribution in [2.75, 3.05) is 6.54 Å². The van der Waals surface area contributed by atoms with E-state index in [2.05, 4.69) is 33.5 Å². The molecule has 2 aromatic heterocycles. The third-order valence-corrected chi connectivity index (χ3v) is 4.73. The molecule has 1 atom stereocenters. The van der Waals surface area contributed by atoms with Crippen LogP contribution in [0.5, 0.6) is 0 Å². The average Bonchev–Trinajstić information content (AvgIpc) is 3.31. The predicted octanol–water partition coefficient (Wildman–Crippen LogP) is 3.29. The summed E-state index contributed by atoms with van der Waals surface area (Å²) < 4.78 is 7.18. The van der Waals surface area contributed by atoms with E-state index in [-0.39, 0.29) is 11.9 Å². The molecule has 1 amide bonds. The summed E-state index contributed by atoms with van der Waals surface area (Å²) in [5, 5.41) is 4.00. The van der Waals surface area contributed by atoms with Crippen LogP contribution >= 0.6 is 0 Å². The maximum absolute atomic E-state index is 13.0. The summed E-state index contributed by atoms with van der Waals surface area (Å²) in [7, 11) is 0. The lowest BCUT2D eigenvalue weighted by Gasteiger charge is -2.22. The van der Waals surface area contributed by atoms with Crippen molar-refractivity contribution < 1.29 is 9.32 Å². The zero-order valence-corrected chi connectivity index (χ0v) is 14.6. The largest absolute Gasteiger partial charge is 0.340 e. The monoisotopic (exact) mass is 339 g/mol. The van der Waals surface area contributed by atoms with Gasteiger partial charge in [0, 0.05) is 25.1 Å². The predicted molar refractivity (Wildman–Crippen MR) is 92.2 cm³/mol. The molecule has 0 spiro atoms. The Hall–Kier alpha value is -2.70. The summed E-state index contributed by atoms with van der Waals surface area (Å²) in [6.07, 6.45) is 3.62. The number of imidazole rings is 1. The molecule has 0 aliphatic carbocycles. The Morgan fingerprint density at radius 1 is 1.36 bits per heavy atom. The fourth-order valence-corrected chi connectivity index (χ4v) is 3.47. The highest BCUT2D eigenvalue weighted by molar-refractivity contribution is 5.97. The molecule has 1 fully saturated rings. The van der Waals surface area contributed by atoms with Crippen LogP contribution in [0.2, 0.25) is 0 Å². The first-order valence-corrected chi connectivity index (χ1v) is 8.62. The molecule has 0 saturated carbocycles. The quantitative estimate of drug-likeness (QED) is 0.732. The minimum atomic E-state index is -0.117. The normalized spacial score (nSPS) is 17.8. The maximum Gasteiger partial charge on any atom is 0.254 e. The highest BCUT2D eigenvalue weighted by Gasteiger charge is 2.33. The van der Waals surface area contributed by atoms with Gasteiger partial charge < -0.3 is 14.0 Å². The van der Waals surface area contributed by atoms with Crippen LogP contribution in [-0.2, 0) is 0 Å². The molecule has 7 heteroatoms. The van der Waals surface area contributed by atoms with Gasteiger partial charge in [0.25, 0.3) is 5.91 Å². The van der Waals surface area contributed by atoms with Crippen molar-refractivity contribution in [3.63, 3.8) is 0 Å². The maximum atomic E-state index is 13.0. The lowest BCUT2D eigenvalue weighted by Crippen LogP contribution is -2.31. The van der Waals surface area contributed by atoms with Crippen LogP contribution in [-0.4, -0.2) is 37.0 Å². The van der Waals surface area contributed by atoms with Gasteiger partial charge in [-0.2, -0.15) is 4.98 Å². The van der Waals surface area contributed by atoms with Crippen LogP contribution in [0.1, 0.15) is 60.8 Å². The molecule has 7 nitrogen and oxygen atoms in total. The van der Waals surface area contributed by atoms with Gasteiger partial charge in [-0.05, 0) is 44.9 Å². The molecular formula is C18H21N5O2. The summed E-state index contributed by atoms with van der Waals surface area (Å²) >= 11 is 0.